The van der Waals surface area contributed by atoms with Gasteiger partial charge in [-0.3, -0.25) is 4.79 Å². The van der Waals surface area contributed by atoms with Gasteiger partial charge in [0.2, 0.25) is 5.91 Å². The second-order valence-electron chi connectivity index (χ2n) is 5.96. The largest absolute Gasteiger partial charge is 0.445 e. The highest BCUT2D eigenvalue weighted by Gasteiger charge is 2.32. The molecular formula is C17H26N2O8. The van der Waals surface area contributed by atoms with Gasteiger partial charge in [-0.2, -0.15) is 0 Å². The molecular weight excluding hydrogens is 360 g/mol. The van der Waals surface area contributed by atoms with Crippen LogP contribution in [0.2, 0.25) is 0 Å². The summed E-state index contributed by atoms with van der Waals surface area (Å²) in [6, 6.07) is 6.54. The standard InChI is InChI=1S/C17H26N2O8/c1-10(18-17(26)27-9-11-5-3-2-4-6-11)16(25)19-12(7-20)14(23)15(24)13(22)8-21/h2-6,10,12-15,20-24H,7-9H2,1H3,(H,18,26)(H,19,25)/t10-,12+,13-,14-,15-/m1/s1. The van der Waals surface area contributed by atoms with Crippen LogP contribution in [0.3, 0.4) is 0 Å². The summed E-state index contributed by atoms with van der Waals surface area (Å²) in [7, 11) is 0. The SMILES string of the molecule is C[C@@H](NC(=O)OCc1ccccc1)C(=O)N[C@@H](CO)[C@@H](O)[C@H](O)[C@H](O)CO. The highest BCUT2D eigenvalue weighted by Crippen LogP contribution is 2.06. The van der Waals surface area contributed by atoms with E-state index < -0.39 is 55.6 Å². The van der Waals surface area contributed by atoms with Crippen LogP contribution in [-0.2, 0) is 16.1 Å². The third-order valence-corrected chi connectivity index (χ3v) is 3.81. The zero-order valence-corrected chi connectivity index (χ0v) is 14.9. The molecule has 27 heavy (non-hydrogen) atoms. The summed E-state index contributed by atoms with van der Waals surface area (Å²) in [6.45, 7) is -0.175. The molecule has 2 amide bonds. The van der Waals surface area contributed by atoms with Crippen molar-refractivity contribution in [2.45, 2.75) is 43.9 Å². The molecule has 0 bridgehead atoms. The molecule has 1 aromatic rings. The van der Waals surface area contributed by atoms with E-state index >= 15 is 0 Å². The Morgan fingerprint density at radius 2 is 1.63 bits per heavy atom. The molecule has 0 heterocycles. The molecule has 0 aromatic heterocycles. The Morgan fingerprint density at radius 3 is 2.19 bits per heavy atom. The highest BCUT2D eigenvalue weighted by atomic mass is 16.5. The molecule has 0 saturated heterocycles. The van der Waals surface area contributed by atoms with Crippen molar-refractivity contribution >= 4 is 12.0 Å². The van der Waals surface area contributed by atoms with Crippen molar-refractivity contribution in [1.29, 1.82) is 0 Å². The van der Waals surface area contributed by atoms with E-state index in [-0.39, 0.29) is 6.61 Å². The van der Waals surface area contributed by atoms with Gasteiger partial charge < -0.3 is 40.9 Å². The molecule has 0 spiro atoms. The van der Waals surface area contributed by atoms with Crippen molar-refractivity contribution in [1.82, 2.24) is 10.6 Å². The van der Waals surface area contributed by atoms with Crippen molar-refractivity contribution in [3.05, 3.63) is 35.9 Å². The summed E-state index contributed by atoms with van der Waals surface area (Å²) in [5.74, 6) is -0.754. The monoisotopic (exact) mass is 386 g/mol. The Morgan fingerprint density at radius 1 is 1.00 bits per heavy atom. The summed E-state index contributed by atoms with van der Waals surface area (Å²) in [5.41, 5.74) is 0.768. The first-order valence-electron chi connectivity index (χ1n) is 8.33. The van der Waals surface area contributed by atoms with Gasteiger partial charge in [-0.05, 0) is 12.5 Å². The summed E-state index contributed by atoms with van der Waals surface area (Å²) >= 11 is 0. The number of hydrogen-bond donors (Lipinski definition) is 7. The molecule has 0 saturated carbocycles. The lowest BCUT2D eigenvalue weighted by Crippen LogP contribution is -2.57. The van der Waals surface area contributed by atoms with E-state index in [0.717, 1.165) is 5.56 Å². The number of aliphatic hydroxyl groups is 5. The lowest BCUT2D eigenvalue weighted by molar-refractivity contribution is -0.128. The van der Waals surface area contributed by atoms with Crippen LogP contribution in [0, 0.1) is 0 Å². The van der Waals surface area contributed by atoms with E-state index in [2.05, 4.69) is 10.6 Å². The number of benzene rings is 1. The average molecular weight is 386 g/mol. The van der Waals surface area contributed by atoms with Crippen molar-refractivity contribution in [3.8, 4) is 0 Å². The predicted molar refractivity (Wildman–Crippen MR) is 93.3 cm³/mol. The molecule has 0 aliphatic carbocycles. The molecule has 10 nitrogen and oxygen atoms in total. The fraction of sp³-hybridized carbons (Fsp3) is 0.529. The molecule has 5 atom stereocenters. The first-order valence-corrected chi connectivity index (χ1v) is 8.33. The van der Waals surface area contributed by atoms with Crippen LogP contribution in [0.5, 0.6) is 0 Å². The van der Waals surface area contributed by atoms with Gasteiger partial charge in [0.15, 0.2) is 0 Å². The molecule has 0 aliphatic rings. The average Bonchev–Trinajstić information content (AvgIpc) is 2.69. The van der Waals surface area contributed by atoms with Gasteiger partial charge in [-0.15, -0.1) is 0 Å². The zero-order chi connectivity index (χ0) is 20.4. The van der Waals surface area contributed by atoms with Crippen LogP contribution in [-0.4, -0.2) is 81.1 Å². The van der Waals surface area contributed by atoms with Crippen LogP contribution >= 0.6 is 0 Å². The van der Waals surface area contributed by atoms with Crippen molar-refractivity contribution in [2.24, 2.45) is 0 Å². The maximum absolute atomic E-state index is 12.1. The fourth-order valence-electron chi connectivity index (χ4n) is 2.13. The van der Waals surface area contributed by atoms with Crippen LogP contribution in [0.1, 0.15) is 12.5 Å². The number of nitrogens with one attached hydrogen (secondary N) is 2. The van der Waals surface area contributed by atoms with Gasteiger partial charge in [-0.1, -0.05) is 30.3 Å². The summed E-state index contributed by atoms with van der Waals surface area (Å²) in [4.78, 5) is 23.8. The number of amides is 2. The quantitative estimate of drug-likeness (QED) is 0.239. The van der Waals surface area contributed by atoms with Crippen LogP contribution < -0.4 is 10.6 Å². The maximum atomic E-state index is 12.1. The van der Waals surface area contributed by atoms with Gasteiger partial charge >= 0.3 is 6.09 Å². The van der Waals surface area contributed by atoms with Crippen LogP contribution in [0.15, 0.2) is 30.3 Å². The first-order chi connectivity index (χ1) is 12.8. The van der Waals surface area contributed by atoms with Crippen molar-refractivity contribution in [3.63, 3.8) is 0 Å². The predicted octanol–water partition coefficient (Wildman–Crippen LogP) is -2.15. The normalized spacial score (nSPS) is 16.5. The molecule has 10 heteroatoms. The van der Waals surface area contributed by atoms with Gasteiger partial charge in [0.05, 0.1) is 19.3 Å². The van der Waals surface area contributed by atoms with Crippen LogP contribution in [0.4, 0.5) is 4.79 Å². The molecule has 0 fully saturated rings. The second kappa shape index (κ2) is 11.5. The third kappa shape index (κ3) is 7.49. The number of aliphatic hydroxyl groups excluding tert-OH is 5. The minimum Gasteiger partial charge on any atom is -0.445 e. The summed E-state index contributed by atoms with van der Waals surface area (Å²) in [5, 5.41) is 51.5. The van der Waals surface area contributed by atoms with E-state index in [1.54, 1.807) is 24.3 Å². The maximum Gasteiger partial charge on any atom is 0.408 e. The molecule has 1 rings (SSSR count). The van der Waals surface area contributed by atoms with Crippen molar-refractivity contribution in [2.75, 3.05) is 13.2 Å². The molecule has 1 aromatic carbocycles. The van der Waals surface area contributed by atoms with E-state index in [9.17, 15) is 30.0 Å². The van der Waals surface area contributed by atoms with Gasteiger partial charge in [0, 0.05) is 0 Å². The molecule has 0 unspecified atom stereocenters. The Bertz CT molecular complexity index is 586. The minimum atomic E-state index is -1.79. The lowest BCUT2D eigenvalue weighted by Gasteiger charge is -2.29. The number of carbonyl (C=O) groups is 2. The summed E-state index contributed by atoms with van der Waals surface area (Å²) in [6.07, 6.45) is -6.00. The topological polar surface area (TPSA) is 169 Å². The first kappa shape index (κ1) is 22.8. The van der Waals surface area contributed by atoms with Crippen molar-refractivity contribution < 1.29 is 39.9 Å². The third-order valence-electron chi connectivity index (χ3n) is 3.81. The van der Waals surface area contributed by atoms with Gasteiger partial charge in [0.1, 0.15) is 31.0 Å². The fourth-order valence-corrected chi connectivity index (χ4v) is 2.13. The number of hydrogen-bond acceptors (Lipinski definition) is 8. The Balaban J connectivity index is 2.50. The Hall–Kier alpha value is -2.24. The van der Waals surface area contributed by atoms with E-state index in [1.165, 1.54) is 6.92 Å². The lowest BCUT2D eigenvalue weighted by atomic mass is 10.0. The zero-order valence-electron chi connectivity index (χ0n) is 14.9. The smallest absolute Gasteiger partial charge is 0.408 e. The molecule has 0 radical (unpaired) electrons. The molecule has 7 N–H and O–H groups in total. The van der Waals surface area contributed by atoms with Gasteiger partial charge in [-0.25, -0.2) is 4.79 Å². The molecule has 0 aliphatic heterocycles. The Kier molecular flexibility index (Phi) is 9.68. The second-order valence-corrected chi connectivity index (χ2v) is 5.96. The van der Waals surface area contributed by atoms with Gasteiger partial charge in [0.25, 0.3) is 0 Å². The van der Waals surface area contributed by atoms with E-state index in [0.29, 0.717) is 0 Å². The Labute approximate surface area is 156 Å². The highest BCUT2D eigenvalue weighted by molar-refractivity contribution is 5.85. The van der Waals surface area contributed by atoms with Crippen LogP contribution in [0.25, 0.3) is 0 Å². The summed E-state index contributed by atoms with van der Waals surface area (Å²) < 4.78 is 4.98. The minimum absolute atomic E-state index is 0.0181. The number of ether oxygens (including phenoxy) is 1. The van der Waals surface area contributed by atoms with E-state index in [1.807, 2.05) is 6.07 Å². The number of carbonyl (C=O) groups excluding carboxylic acids is 2. The number of alkyl carbamates (subject to hydrolysis) is 1. The van der Waals surface area contributed by atoms with E-state index in [4.69, 9.17) is 9.84 Å². The molecule has 152 valence electrons. The number of rotatable bonds is 10.